The number of aryl methyl sites for hydroxylation is 1. The van der Waals surface area contributed by atoms with E-state index in [9.17, 15) is 12.8 Å². The lowest BCUT2D eigenvalue weighted by Gasteiger charge is -2.11. The number of rotatable bonds is 6. The smallest absolute Gasteiger partial charge is 0.261 e. The van der Waals surface area contributed by atoms with Gasteiger partial charge in [0, 0.05) is 17.9 Å². The van der Waals surface area contributed by atoms with Crippen LogP contribution in [0.5, 0.6) is 0 Å². The molecule has 2 aromatic carbocycles. The molecule has 0 saturated carbocycles. The van der Waals surface area contributed by atoms with Gasteiger partial charge in [-0.25, -0.2) is 12.8 Å². The van der Waals surface area contributed by atoms with E-state index in [0.717, 1.165) is 18.3 Å². The van der Waals surface area contributed by atoms with Crippen LogP contribution in [0, 0.1) is 18.7 Å². The SMILES string of the molecule is Cc1cc(S(=O)(=O)Nc2ccc(NCC(C)C)cc2)ccc1F. The molecule has 2 N–H and O–H groups in total. The Bertz CT molecular complexity index is 772. The normalized spacial score (nSPS) is 11.5. The molecular weight excluding hydrogens is 315 g/mol. The second-order valence-electron chi connectivity index (χ2n) is 5.87. The molecule has 0 atom stereocenters. The molecule has 124 valence electrons. The highest BCUT2D eigenvalue weighted by molar-refractivity contribution is 7.92. The number of hydrogen-bond acceptors (Lipinski definition) is 3. The average molecular weight is 336 g/mol. The Labute approximate surface area is 136 Å². The molecular formula is C17H21FN2O2S. The molecule has 23 heavy (non-hydrogen) atoms. The lowest BCUT2D eigenvalue weighted by atomic mass is 10.2. The summed E-state index contributed by atoms with van der Waals surface area (Å²) >= 11 is 0. The number of benzene rings is 2. The summed E-state index contributed by atoms with van der Waals surface area (Å²) in [6.45, 7) is 6.60. The summed E-state index contributed by atoms with van der Waals surface area (Å²) < 4.78 is 40.4. The van der Waals surface area contributed by atoms with Gasteiger partial charge in [-0.1, -0.05) is 13.8 Å². The van der Waals surface area contributed by atoms with Gasteiger partial charge >= 0.3 is 0 Å². The molecule has 0 amide bonds. The molecule has 0 saturated heterocycles. The Morgan fingerprint density at radius 1 is 1.04 bits per heavy atom. The first-order valence-corrected chi connectivity index (χ1v) is 8.89. The van der Waals surface area contributed by atoms with Crippen LogP contribution in [-0.2, 0) is 10.0 Å². The highest BCUT2D eigenvalue weighted by Gasteiger charge is 2.15. The maximum absolute atomic E-state index is 13.3. The van der Waals surface area contributed by atoms with Gasteiger partial charge in [0.1, 0.15) is 5.82 Å². The van der Waals surface area contributed by atoms with Gasteiger partial charge in [0.2, 0.25) is 0 Å². The molecule has 0 radical (unpaired) electrons. The van der Waals surface area contributed by atoms with Crippen LogP contribution in [0.15, 0.2) is 47.4 Å². The topological polar surface area (TPSA) is 58.2 Å². The van der Waals surface area contributed by atoms with Crippen molar-refractivity contribution in [3.8, 4) is 0 Å². The highest BCUT2D eigenvalue weighted by atomic mass is 32.2. The summed E-state index contributed by atoms with van der Waals surface area (Å²) in [6, 6.07) is 10.7. The molecule has 2 aromatic rings. The van der Waals surface area contributed by atoms with E-state index in [0.29, 0.717) is 17.2 Å². The maximum Gasteiger partial charge on any atom is 0.261 e. The predicted molar refractivity (Wildman–Crippen MR) is 91.7 cm³/mol. The van der Waals surface area contributed by atoms with Gasteiger partial charge in [-0.05, 0) is 60.9 Å². The van der Waals surface area contributed by atoms with E-state index in [1.165, 1.54) is 19.1 Å². The summed E-state index contributed by atoms with van der Waals surface area (Å²) in [5.74, 6) is 0.0967. The Kier molecular flexibility index (Phi) is 5.26. The van der Waals surface area contributed by atoms with Crippen molar-refractivity contribution in [1.82, 2.24) is 0 Å². The molecule has 2 rings (SSSR count). The van der Waals surface area contributed by atoms with Crippen LogP contribution in [0.3, 0.4) is 0 Å². The van der Waals surface area contributed by atoms with Crippen molar-refractivity contribution >= 4 is 21.4 Å². The second kappa shape index (κ2) is 7.00. The summed E-state index contributed by atoms with van der Waals surface area (Å²) in [4.78, 5) is 0.0402. The average Bonchev–Trinajstić information content (AvgIpc) is 2.49. The van der Waals surface area contributed by atoms with E-state index in [2.05, 4.69) is 23.9 Å². The summed E-state index contributed by atoms with van der Waals surface area (Å²) in [5, 5.41) is 3.26. The van der Waals surface area contributed by atoms with Crippen molar-refractivity contribution in [2.24, 2.45) is 5.92 Å². The maximum atomic E-state index is 13.3. The monoisotopic (exact) mass is 336 g/mol. The molecule has 0 aliphatic heterocycles. The fraction of sp³-hybridized carbons (Fsp3) is 0.294. The third-order valence-electron chi connectivity index (χ3n) is 3.29. The fourth-order valence-corrected chi connectivity index (χ4v) is 3.12. The number of sulfonamides is 1. The summed E-state index contributed by atoms with van der Waals surface area (Å²) in [5.41, 5.74) is 1.68. The minimum Gasteiger partial charge on any atom is -0.385 e. The molecule has 0 fully saturated rings. The van der Waals surface area contributed by atoms with Gasteiger partial charge < -0.3 is 5.32 Å². The third-order valence-corrected chi connectivity index (χ3v) is 4.67. The Morgan fingerprint density at radius 2 is 1.65 bits per heavy atom. The van der Waals surface area contributed by atoms with Crippen LogP contribution in [0.1, 0.15) is 19.4 Å². The van der Waals surface area contributed by atoms with Gasteiger partial charge in [-0.3, -0.25) is 4.72 Å². The summed E-state index contributed by atoms with van der Waals surface area (Å²) in [7, 11) is -3.73. The zero-order valence-corrected chi connectivity index (χ0v) is 14.2. The number of anilines is 2. The molecule has 0 aromatic heterocycles. The van der Waals surface area contributed by atoms with Crippen molar-refractivity contribution < 1.29 is 12.8 Å². The molecule has 0 unspecified atom stereocenters. The van der Waals surface area contributed by atoms with Gasteiger partial charge in [0.05, 0.1) is 4.90 Å². The van der Waals surface area contributed by atoms with Crippen molar-refractivity contribution in [2.45, 2.75) is 25.7 Å². The Hall–Kier alpha value is -2.08. The molecule has 0 aliphatic carbocycles. The second-order valence-corrected chi connectivity index (χ2v) is 7.55. The third kappa shape index (κ3) is 4.69. The van der Waals surface area contributed by atoms with E-state index < -0.39 is 15.8 Å². The van der Waals surface area contributed by atoms with Gasteiger partial charge in [0.15, 0.2) is 0 Å². The number of halogens is 1. The largest absolute Gasteiger partial charge is 0.385 e. The van der Waals surface area contributed by atoms with E-state index >= 15 is 0 Å². The molecule has 0 spiro atoms. The fourth-order valence-electron chi connectivity index (χ4n) is 1.98. The van der Waals surface area contributed by atoms with Gasteiger partial charge in [-0.15, -0.1) is 0 Å². The first-order chi connectivity index (χ1) is 10.8. The zero-order valence-electron chi connectivity index (χ0n) is 13.4. The number of hydrogen-bond donors (Lipinski definition) is 2. The molecule has 6 heteroatoms. The molecule has 0 bridgehead atoms. The quantitative estimate of drug-likeness (QED) is 0.838. The molecule has 4 nitrogen and oxygen atoms in total. The first kappa shape index (κ1) is 17.3. The lowest BCUT2D eigenvalue weighted by Crippen LogP contribution is -2.13. The molecule has 0 aliphatic rings. The summed E-state index contributed by atoms with van der Waals surface area (Å²) in [6.07, 6.45) is 0. The Morgan fingerprint density at radius 3 is 2.22 bits per heavy atom. The van der Waals surface area contributed by atoms with Crippen molar-refractivity contribution in [3.05, 3.63) is 53.8 Å². The predicted octanol–water partition coefficient (Wildman–Crippen LogP) is 4.00. The van der Waals surface area contributed by atoms with E-state index in [1.807, 2.05) is 12.1 Å². The number of nitrogens with one attached hydrogen (secondary N) is 2. The minimum atomic E-state index is -3.73. The van der Waals surface area contributed by atoms with Crippen LogP contribution in [0.2, 0.25) is 0 Å². The zero-order chi connectivity index (χ0) is 17.0. The van der Waals surface area contributed by atoms with Crippen molar-refractivity contribution in [1.29, 1.82) is 0 Å². The highest BCUT2D eigenvalue weighted by Crippen LogP contribution is 2.20. The van der Waals surface area contributed by atoms with Crippen molar-refractivity contribution in [2.75, 3.05) is 16.6 Å². The van der Waals surface area contributed by atoms with Crippen LogP contribution < -0.4 is 10.0 Å². The minimum absolute atomic E-state index is 0.0402. The standard InChI is InChI=1S/C17H21FN2O2S/c1-12(2)11-19-14-4-6-15(7-5-14)20-23(21,22)16-8-9-17(18)13(3)10-16/h4-10,12,19-20H,11H2,1-3H3. The van der Waals surface area contributed by atoms with E-state index in [1.54, 1.807) is 12.1 Å². The van der Waals surface area contributed by atoms with E-state index in [4.69, 9.17) is 0 Å². The lowest BCUT2D eigenvalue weighted by molar-refractivity contribution is 0.598. The van der Waals surface area contributed by atoms with Crippen LogP contribution in [-0.4, -0.2) is 15.0 Å². The molecule has 0 heterocycles. The van der Waals surface area contributed by atoms with E-state index in [-0.39, 0.29) is 4.90 Å². The Balaban J connectivity index is 2.12. The van der Waals surface area contributed by atoms with Gasteiger partial charge in [0.25, 0.3) is 10.0 Å². The van der Waals surface area contributed by atoms with Crippen LogP contribution >= 0.6 is 0 Å². The van der Waals surface area contributed by atoms with Crippen LogP contribution in [0.4, 0.5) is 15.8 Å². The first-order valence-electron chi connectivity index (χ1n) is 7.41. The van der Waals surface area contributed by atoms with Gasteiger partial charge in [-0.2, -0.15) is 0 Å². The van der Waals surface area contributed by atoms with Crippen molar-refractivity contribution in [3.63, 3.8) is 0 Å². The van der Waals surface area contributed by atoms with Crippen LogP contribution in [0.25, 0.3) is 0 Å².